The molecule has 9 heteroatoms. The lowest BCUT2D eigenvalue weighted by molar-refractivity contribution is -0.140. The van der Waals surface area contributed by atoms with E-state index in [4.69, 9.17) is 0 Å². The number of esters is 3. The molecule has 1 aromatic carbocycles. The average molecular weight is 343 g/mol. The van der Waals surface area contributed by atoms with Crippen LogP contribution >= 0.6 is 0 Å². The van der Waals surface area contributed by atoms with Crippen molar-refractivity contribution in [2.75, 3.05) is 26.6 Å². The maximum absolute atomic E-state index is 14.1. The van der Waals surface area contributed by atoms with Crippen LogP contribution in [0.2, 0.25) is 0 Å². The number of halogens is 2. The molecule has 0 saturated heterocycles. The van der Waals surface area contributed by atoms with E-state index in [9.17, 15) is 23.2 Å². The van der Waals surface area contributed by atoms with Gasteiger partial charge in [-0.2, -0.15) is 0 Å². The molecular weight excluding hydrogens is 328 g/mol. The molecular formula is C15H15F2NO6. The van der Waals surface area contributed by atoms with Gasteiger partial charge >= 0.3 is 17.9 Å². The van der Waals surface area contributed by atoms with Crippen molar-refractivity contribution in [1.29, 1.82) is 0 Å². The van der Waals surface area contributed by atoms with Crippen LogP contribution in [-0.4, -0.2) is 39.2 Å². The van der Waals surface area contributed by atoms with Gasteiger partial charge < -0.3 is 19.5 Å². The van der Waals surface area contributed by atoms with E-state index in [1.54, 1.807) is 0 Å². The van der Waals surface area contributed by atoms with E-state index in [2.05, 4.69) is 19.5 Å². The first-order valence-electron chi connectivity index (χ1n) is 6.52. The molecule has 0 heterocycles. The molecule has 0 fully saturated rings. The summed E-state index contributed by atoms with van der Waals surface area (Å²) >= 11 is 0. The van der Waals surface area contributed by atoms with Crippen LogP contribution in [0.5, 0.6) is 0 Å². The van der Waals surface area contributed by atoms with Gasteiger partial charge in [0.2, 0.25) is 0 Å². The van der Waals surface area contributed by atoms with E-state index in [1.165, 1.54) is 0 Å². The summed E-state index contributed by atoms with van der Waals surface area (Å²) < 4.78 is 41.2. The lowest BCUT2D eigenvalue weighted by Gasteiger charge is -2.12. The second-order valence-corrected chi connectivity index (χ2v) is 4.35. The maximum atomic E-state index is 14.1. The summed E-state index contributed by atoms with van der Waals surface area (Å²) in [5, 5.41) is 2.25. The Labute approximate surface area is 136 Å². The molecule has 0 saturated carbocycles. The van der Waals surface area contributed by atoms with Crippen molar-refractivity contribution in [1.82, 2.24) is 0 Å². The average Bonchev–Trinajstić information content (AvgIpc) is 2.59. The van der Waals surface area contributed by atoms with Crippen LogP contribution in [0.3, 0.4) is 0 Å². The Bertz CT molecular complexity index is 687. The minimum absolute atomic E-state index is 0.221. The van der Waals surface area contributed by atoms with E-state index < -0.39 is 47.3 Å². The van der Waals surface area contributed by atoms with Crippen LogP contribution in [0, 0.1) is 11.6 Å². The van der Waals surface area contributed by atoms with Gasteiger partial charge in [0, 0.05) is 5.56 Å². The highest BCUT2D eigenvalue weighted by Gasteiger charge is 2.19. The van der Waals surface area contributed by atoms with E-state index in [-0.39, 0.29) is 5.56 Å². The number of benzene rings is 1. The second-order valence-electron chi connectivity index (χ2n) is 4.35. The predicted molar refractivity (Wildman–Crippen MR) is 77.8 cm³/mol. The Morgan fingerprint density at radius 2 is 1.71 bits per heavy atom. The molecule has 1 N–H and O–H groups in total. The van der Waals surface area contributed by atoms with Crippen LogP contribution in [0.4, 0.5) is 14.5 Å². The van der Waals surface area contributed by atoms with Crippen molar-refractivity contribution >= 4 is 23.6 Å². The smallest absolute Gasteiger partial charge is 0.354 e. The fraction of sp³-hybridized carbons (Fsp3) is 0.267. The summed E-state index contributed by atoms with van der Waals surface area (Å²) in [6, 6.07) is 2.25. The zero-order valence-electron chi connectivity index (χ0n) is 13.1. The number of carbonyl (C=O) groups excluding carboxylic acids is 3. The molecule has 0 radical (unpaired) electrons. The molecule has 0 atom stereocenters. The largest absolute Gasteiger partial charge is 0.469 e. The normalized spacial score (nSPS) is 10.8. The van der Waals surface area contributed by atoms with Gasteiger partial charge in [-0.05, 0) is 6.07 Å². The van der Waals surface area contributed by atoms with E-state index in [0.717, 1.165) is 39.5 Å². The molecule has 24 heavy (non-hydrogen) atoms. The van der Waals surface area contributed by atoms with Gasteiger partial charge in [-0.15, -0.1) is 0 Å². The number of hydrogen-bond donors (Lipinski definition) is 1. The van der Waals surface area contributed by atoms with Gasteiger partial charge in [-0.1, -0.05) is 6.07 Å². The van der Waals surface area contributed by atoms with E-state index >= 15 is 0 Å². The zero-order chi connectivity index (χ0) is 18.3. The zero-order valence-corrected chi connectivity index (χ0v) is 13.1. The molecule has 0 aromatic heterocycles. The van der Waals surface area contributed by atoms with Crippen LogP contribution in [0.1, 0.15) is 5.56 Å². The minimum atomic E-state index is -1.34. The molecule has 1 aromatic rings. The first kappa shape index (κ1) is 19.1. The number of nitrogens with one attached hydrogen (secondary N) is 1. The van der Waals surface area contributed by atoms with Gasteiger partial charge in [0.15, 0.2) is 11.6 Å². The Balaban J connectivity index is 3.15. The van der Waals surface area contributed by atoms with Gasteiger partial charge in [0.05, 0.1) is 39.5 Å². The first-order chi connectivity index (χ1) is 11.3. The third-order valence-corrected chi connectivity index (χ3v) is 2.86. The number of ether oxygens (including phenoxy) is 3. The van der Waals surface area contributed by atoms with Gasteiger partial charge in [-0.25, -0.2) is 18.4 Å². The molecule has 1 rings (SSSR count). The van der Waals surface area contributed by atoms with Crippen molar-refractivity contribution in [2.24, 2.45) is 0 Å². The molecule has 0 unspecified atom stereocenters. The maximum Gasteiger partial charge on any atom is 0.354 e. The first-order valence-corrected chi connectivity index (χ1v) is 6.52. The molecule has 0 amide bonds. The Hall–Kier alpha value is -2.97. The summed E-state index contributed by atoms with van der Waals surface area (Å²) in [6.07, 6.45) is 0.271. The summed E-state index contributed by atoms with van der Waals surface area (Å²) in [7, 11) is 3.24. The Morgan fingerprint density at radius 3 is 2.25 bits per heavy atom. The Morgan fingerprint density at radius 1 is 1.04 bits per heavy atom. The van der Waals surface area contributed by atoms with Crippen LogP contribution in [0.15, 0.2) is 23.9 Å². The fourth-order valence-corrected chi connectivity index (χ4v) is 1.63. The topological polar surface area (TPSA) is 90.9 Å². The number of anilines is 1. The molecule has 130 valence electrons. The second kappa shape index (κ2) is 8.61. The van der Waals surface area contributed by atoms with Crippen LogP contribution in [0.25, 0.3) is 0 Å². The van der Waals surface area contributed by atoms with Crippen molar-refractivity contribution in [3.63, 3.8) is 0 Å². The molecule has 0 bridgehead atoms. The number of methoxy groups -OCH3 is 3. The van der Waals surface area contributed by atoms with Gasteiger partial charge in [0.1, 0.15) is 5.70 Å². The molecule has 0 spiro atoms. The SMILES string of the molecule is COC(=O)/C=C(/Nc1ccc(CC(=O)OC)c(F)c1F)C(=O)OC. The molecule has 0 aliphatic carbocycles. The van der Waals surface area contributed by atoms with Gasteiger partial charge in [0.25, 0.3) is 0 Å². The van der Waals surface area contributed by atoms with E-state index in [0.29, 0.717) is 0 Å². The predicted octanol–water partition coefficient (Wildman–Crippen LogP) is 1.32. The van der Waals surface area contributed by atoms with E-state index in [1.807, 2.05) is 0 Å². The van der Waals surface area contributed by atoms with Crippen molar-refractivity contribution in [3.8, 4) is 0 Å². The Kier molecular flexibility index (Phi) is 6.84. The third-order valence-electron chi connectivity index (χ3n) is 2.86. The minimum Gasteiger partial charge on any atom is -0.469 e. The monoisotopic (exact) mass is 343 g/mol. The van der Waals surface area contributed by atoms with Crippen LogP contribution < -0.4 is 5.32 Å². The summed E-state index contributed by atoms with van der Waals surface area (Å²) in [5.41, 5.74) is -1.11. The summed E-state index contributed by atoms with van der Waals surface area (Å²) in [6.45, 7) is 0. The summed E-state index contributed by atoms with van der Waals surface area (Å²) in [5.74, 6) is -5.25. The van der Waals surface area contributed by atoms with Gasteiger partial charge in [-0.3, -0.25) is 4.79 Å². The quantitative estimate of drug-likeness (QED) is 0.473. The highest BCUT2D eigenvalue weighted by atomic mass is 19.2. The van der Waals surface area contributed by atoms with Crippen molar-refractivity contribution in [2.45, 2.75) is 6.42 Å². The third kappa shape index (κ3) is 4.77. The van der Waals surface area contributed by atoms with Crippen molar-refractivity contribution < 1.29 is 37.4 Å². The van der Waals surface area contributed by atoms with Crippen LogP contribution in [-0.2, 0) is 35.0 Å². The molecule has 7 nitrogen and oxygen atoms in total. The van der Waals surface area contributed by atoms with Crippen molar-refractivity contribution in [3.05, 3.63) is 41.1 Å². The highest BCUT2D eigenvalue weighted by Crippen LogP contribution is 2.23. The molecule has 0 aliphatic heterocycles. The number of rotatable bonds is 6. The summed E-state index contributed by atoms with van der Waals surface area (Å²) in [4.78, 5) is 33.9. The number of carbonyl (C=O) groups is 3. The highest BCUT2D eigenvalue weighted by molar-refractivity contribution is 5.98. The number of hydrogen-bond acceptors (Lipinski definition) is 7. The fourth-order valence-electron chi connectivity index (χ4n) is 1.63. The standard InChI is InChI=1S/C15H15F2NO6/c1-22-11(19)6-8-4-5-9(14(17)13(8)16)18-10(15(21)24-3)7-12(20)23-2/h4-5,7,18H,6H2,1-3H3/b10-7+. The molecule has 0 aliphatic rings. The lowest BCUT2D eigenvalue weighted by atomic mass is 10.1. The lowest BCUT2D eigenvalue weighted by Crippen LogP contribution is -2.17.